The summed E-state index contributed by atoms with van der Waals surface area (Å²) in [5.74, 6) is 0.411. The Labute approximate surface area is 168 Å². The molecule has 3 rings (SSSR count). The Kier molecular flexibility index (Phi) is 5.94. The van der Waals surface area contributed by atoms with E-state index in [0.717, 1.165) is 22.4 Å². The van der Waals surface area contributed by atoms with Crippen molar-refractivity contribution in [2.24, 2.45) is 15.9 Å². The molecule has 5 N–H and O–H groups in total. The van der Waals surface area contributed by atoms with Crippen molar-refractivity contribution >= 4 is 29.1 Å². The van der Waals surface area contributed by atoms with Gasteiger partial charge < -0.3 is 16.8 Å². The van der Waals surface area contributed by atoms with Crippen molar-refractivity contribution in [3.8, 4) is 11.1 Å². The van der Waals surface area contributed by atoms with Crippen LogP contribution < -0.4 is 16.8 Å². The van der Waals surface area contributed by atoms with Crippen LogP contribution in [0.5, 0.6) is 0 Å². The van der Waals surface area contributed by atoms with E-state index in [1.807, 2.05) is 43.3 Å². The fourth-order valence-corrected chi connectivity index (χ4v) is 2.51. The van der Waals surface area contributed by atoms with Gasteiger partial charge in [-0.2, -0.15) is 5.10 Å². The summed E-state index contributed by atoms with van der Waals surface area (Å²) in [6.07, 6.45) is 3.29. The molecule has 29 heavy (non-hydrogen) atoms. The van der Waals surface area contributed by atoms with E-state index in [2.05, 4.69) is 25.5 Å². The number of hydrogen-bond donors (Lipinski definition) is 3. The highest BCUT2D eigenvalue weighted by atomic mass is 16.1. The summed E-state index contributed by atoms with van der Waals surface area (Å²) in [6, 6.07) is 14.5. The van der Waals surface area contributed by atoms with Crippen LogP contribution in [0.3, 0.4) is 0 Å². The summed E-state index contributed by atoms with van der Waals surface area (Å²) in [5.41, 5.74) is 15.6. The molecule has 8 heteroatoms. The average molecular weight is 387 g/mol. The highest BCUT2D eigenvalue weighted by molar-refractivity contribution is 6.05. The molecule has 8 nitrogen and oxygen atoms in total. The van der Waals surface area contributed by atoms with Crippen LogP contribution in [0, 0.1) is 0 Å². The van der Waals surface area contributed by atoms with E-state index in [4.69, 9.17) is 11.5 Å². The first kappa shape index (κ1) is 19.7. The molecule has 0 saturated carbocycles. The number of rotatable bonds is 5. The van der Waals surface area contributed by atoms with E-state index in [1.165, 1.54) is 0 Å². The molecule has 3 aromatic rings. The molecule has 0 aliphatic carbocycles. The number of nitrogens with zero attached hydrogens (tertiary/aromatic N) is 4. The highest BCUT2D eigenvalue weighted by Crippen LogP contribution is 2.19. The maximum absolute atomic E-state index is 12.5. The molecule has 146 valence electrons. The Bertz CT molecular complexity index is 1050. The molecule has 0 fully saturated rings. The van der Waals surface area contributed by atoms with Gasteiger partial charge in [0.15, 0.2) is 0 Å². The predicted octanol–water partition coefficient (Wildman–Crippen LogP) is 3.08. The summed E-state index contributed by atoms with van der Waals surface area (Å²) in [6.45, 7) is 3.51. The van der Waals surface area contributed by atoms with Crippen LogP contribution in [-0.4, -0.2) is 27.4 Å². The first-order chi connectivity index (χ1) is 13.9. The number of aromatic nitrogens is 2. The lowest BCUT2D eigenvalue weighted by atomic mass is 10.1. The summed E-state index contributed by atoms with van der Waals surface area (Å²) in [5, 5.41) is 10.8. The number of hydrogen-bond acceptors (Lipinski definition) is 6. The Hall–Kier alpha value is -4.07. The lowest BCUT2D eigenvalue weighted by Gasteiger charge is -2.07. The van der Waals surface area contributed by atoms with Crippen molar-refractivity contribution in [3.63, 3.8) is 0 Å². The smallest absolute Gasteiger partial charge is 0.255 e. The topological polar surface area (TPSA) is 132 Å². The van der Waals surface area contributed by atoms with Gasteiger partial charge in [-0.1, -0.05) is 24.3 Å². The lowest BCUT2D eigenvalue weighted by Crippen LogP contribution is -2.11. The average Bonchev–Trinajstić information content (AvgIpc) is 2.73. The van der Waals surface area contributed by atoms with Crippen LogP contribution in [0.1, 0.15) is 29.8 Å². The second-order valence-electron chi connectivity index (χ2n) is 6.37. The van der Waals surface area contributed by atoms with Crippen LogP contribution in [0.15, 0.2) is 71.1 Å². The third-order valence-corrected chi connectivity index (χ3v) is 4.07. The van der Waals surface area contributed by atoms with E-state index < -0.39 is 0 Å². The second-order valence-corrected chi connectivity index (χ2v) is 6.37. The SMILES string of the molecule is CC(N)=N/N=C(/C)c1ccc(NC(=O)c2ccc(-c3cnc(N)nc3)cc2)cc1. The van der Waals surface area contributed by atoms with Crippen molar-refractivity contribution in [2.75, 3.05) is 11.1 Å². The van der Waals surface area contributed by atoms with Crippen molar-refractivity contribution in [2.45, 2.75) is 13.8 Å². The second kappa shape index (κ2) is 8.75. The van der Waals surface area contributed by atoms with Gasteiger partial charge in [0.2, 0.25) is 5.95 Å². The number of amides is 1. The Morgan fingerprint density at radius 2 is 1.45 bits per heavy atom. The third-order valence-electron chi connectivity index (χ3n) is 4.07. The number of nitrogens with two attached hydrogens (primary N) is 2. The number of carbonyl (C=O) groups is 1. The third kappa shape index (κ3) is 5.23. The van der Waals surface area contributed by atoms with E-state index >= 15 is 0 Å². The number of benzene rings is 2. The van der Waals surface area contributed by atoms with Crippen molar-refractivity contribution in [1.82, 2.24) is 9.97 Å². The molecule has 0 unspecified atom stereocenters. The molecule has 1 heterocycles. The van der Waals surface area contributed by atoms with Crippen LogP contribution in [0.2, 0.25) is 0 Å². The van der Waals surface area contributed by atoms with Gasteiger partial charge in [-0.25, -0.2) is 9.97 Å². The van der Waals surface area contributed by atoms with Crippen molar-refractivity contribution in [1.29, 1.82) is 0 Å². The zero-order chi connectivity index (χ0) is 20.8. The Balaban J connectivity index is 1.67. The molecule has 0 aliphatic rings. The van der Waals surface area contributed by atoms with E-state index in [1.54, 1.807) is 31.5 Å². The molecule has 1 aromatic heterocycles. The summed E-state index contributed by atoms with van der Waals surface area (Å²) in [4.78, 5) is 20.4. The quantitative estimate of drug-likeness (QED) is 0.352. The zero-order valence-electron chi connectivity index (χ0n) is 16.1. The van der Waals surface area contributed by atoms with Crippen molar-refractivity contribution in [3.05, 3.63) is 72.1 Å². The first-order valence-corrected chi connectivity index (χ1v) is 8.86. The number of anilines is 2. The standard InChI is InChI=1S/C21H21N7O/c1-13(27-28-14(2)22)15-7-9-19(10-8-15)26-20(29)17-5-3-16(4-6-17)18-11-24-21(23)25-12-18/h3-12H,1-2H3,(H2,22,28)(H,26,29)(H2,23,24,25)/b27-13-. The molecule has 0 spiro atoms. The van der Waals surface area contributed by atoms with Crippen LogP contribution in [-0.2, 0) is 0 Å². The van der Waals surface area contributed by atoms with Gasteiger partial charge in [0.1, 0.15) is 5.84 Å². The van der Waals surface area contributed by atoms with Gasteiger partial charge in [0.05, 0.1) is 5.71 Å². The van der Waals surface area contributed by atoms with Crippen molar-refractivity contribution < 1.29 is 4.79 Å². The minimum atomic E-state index is -0.202. The highest BCUT2D eigenvalue weighted by Gasteiger charge is 2.08. The van der Waals surface area contributed by atoms with Crippen LogP contribution in [0.25, 0.3) is 11.1 Å². The Morgan fingerprint density at radius 1 is 0.862 bits per heavy atom. The minimum Gasteiger partial charge on any atom is -0.386 e. The molecule has 0 atom stereocenters. The minimum absolute atomic E-state index is 0.202. The van der Waals surface area contributed by atoms with Gasteiger partial charge in [0.25, 0.3) is 5.91 Å². The van der Waals surface area contributed by atoms with Gasteiger partial charge in [-0.3, -0.25) is 4.79 Å². The summed E-state index contributed by atoms with van der Waals surface area (Å²) >= 11 is 0. The number of amidine groups is 1. The fraction of sp³-hybridized carbons (Fsp3) is 0.0952. The largest absolute Gasteiger partial charge is 0.386 e. The summed E-state index contributed by atoms with van der Waals surface area (Å²) < 4.78 is 0. The van der Waals surface area contributed by atoms with E-state index in [-0.39, 0.29) is 11.9 Å². The van der Waals surface area contributed by atoms with E-state index in [0.29, 0.717) is 17.1 Å². The van der Waals surface area contributed by atoms with Crippen LogP contribution in [0.4, 0.5) is 11.6 Å². The Morgan fingerprint density at radius 3 is 2.03 bits per heavy atom. The molecule has 0 radical (unpaired) electrons. The first-order valence-electron chi connectivity index (χ1n) is 8.86. The normalized spacial score (nSPS) is 11.9. The monoisotopic (exact) mass is 387 g/mol. The maximum Gasteiger partial charge on any atom is 0.255 e. The maximum atomic E-state index is 12.5. The predicted molar refractivity (Wildman–Crippen MR) is 116 cm³/mol. The lowest BCUT2D eigenvalue weighted by molar-refractivity contribution is 0.102. The number of nitrogen functional groups attached to an aromatic ring is 1. The number of nitrogens with one attached hydrogen (secondary N) is 1. The molecule has 0 aliphatic heterocycles. The van der Waals surface area contributed by atoms with Crippen LogP contribution >= 0.6 is 0 Å². The van der Waals surface area contributed by atoms with Gasteiger partial charge >= 0.3 is 0 Å². The molecule has 2 aromatic carbocycles. The fourth-order valence-electron chi connectivity index (χ4n) is 2.51. The zero-order valence-corrected chi connectivity index (χ0v) is 16.1. The van der Waals surface area contributed by atoms with Gasteiger partial charge in [-0.05, 0) is 49.2 Å². The number of carbonyl (C=O) groups excluding carboxylic acids is 1. The van der Waals surface area contributed by atoms with Gasteiger partial charge in [0, 0.05) is 29.2 Å². The molecule has 0 saturated heterocycles. The molecular formula is C21H21N7O. The summed E-state index contributed by atoms with van der Waals surface area (Å²) in [7, 11) is 0. The molecule has 1 amide bonds. The van der Waals surface area contributed by atoms with Gasteiger partial charge in [-0.15, -0.1) is 5.10 Å². The molecular weight excluding hydrogens is 366 g/mol. The van der Waals surface area contributed by atoms with E-state index in [9.17, 15) is 4.79 Å². The molecule has 0 bridgehead atoms.